The second-order valence-corrected chi connectivity index (χ2v) is 15.3. The number of allylic oxidation sites excluding steroid dienone is 1. The first-order chi connectivity index (χ1) is 16.8. The van der Waals surface area contributed by atoms with E-state index in [2.05, 4.69) is 58.3 Å². The molecule has 0 aromatic carbocycles. The zero-order chi connectivity index (χ0) is 25.9. The predicted molar refractivity (Wildman–Crippen MR) is 143 cm³/mol. The molecule has 6 rings (SSSR count). The van der Waals surface area contributed by atoms with Crippen molar-refractivity contribution in [1.82, 2.24) is 10.2 Å². The lowest BCUT2D eigenvalue weighted by atomic mass is 9.32. The van der Waals surface area contributed by atoms with Crippen molar-refractivity contribution < 1.29 is 9.52 Å². The molecule has 0 radical (unpaired) electrons. The smallest absolute Gasteiger partial charge is 0.222 e. The van der Waals surface area contributed by atoms with Crippen molar-refractivity contribution in [3.05, 3.63) is 23.9 Å². The van der Waals surface area contributed by atoms with Gasteiger partial charge in [-0.2, -0.15) is 0 Å². The highest BCUT2D eigenvalue weighted by molar-refractivity contribution is 5.26. The molecule has 36 heavy (non-hydrogen) atoms. The molecule has 200 valence electrons. The van der Waals surface area contributed by atoms with Crippen molar-refractivity contribution in [2.45, 2.75) is 124 Å². The van der Waals surface area contributed by atoms with Crippen LogP contribution in [0.3, 0.4) is 0 Å². The summed E-state index contributed by atoms with van der Waals surface area (Å²) in [5.74, 6) is 4.76. The van der Waals surface area contributed by atoms with E-state index < -0.39 is 0 Å². The van der Waals surface area contributed by atoms with Gasteiger partial charge < -0.3 is 9.52 Å². The summed E-state index contributed by atoms with van der Waals surface area (Å²) < 4.78 is 6.24. The van der Waals surface area contributed by atoms with E-state index in [-0.39, 0.29) is 16.9 Å². The Morgan fingerprint density at radius 2 is 1.61 bits per heavy atom. The quantitative estimate of drug-likeness (QED) is 0.429. The first kappa shape index (κ1) is 25.1. The molecule has 5 fully saturated rings. The van der Waals surface area contributed by atoms with Crippen LogP contribution in [0.5, 0.6) is 0 Å². The van der Waals surface area contributed by atoms with Crippen LogP contribution in [0.25, 0.3) is 0 Å². The summed E-state index contributed by atoms with van der Waals surface area (Å²) in [6, 6.07) is 0. The summed E-state index contributed by atoms with van der Waals surface area (Å²) in [6.07, 6.45) is 12.0. The molecule has 10 atom stereocenters. The van der Waals surface area contributed by atoms with Gasteiger partial charge in [-0.05, 0) is 122 Å². The minimum atomic E-state index is -0.158. The van der Waals surface area contributed by atoms with Crippen molar-refractivity contribution in [2.24, 2.45) is 51.2 Å². The summed E-state index contributed by atoms with van der Waals surface area (Å²) >= 11 is 0. The largest absolute Gasteiger partial charge is 0.425 e. The van der Waals surface area contributed by atoms with E-state index in [9.17, 15) is 5.11 Å². The van der Waals surface area contributed by atoms with Gasteiger partial charge in [0.25, 0.3) is 0 Å². The van der Waals surface area contributed by atoms with Crippen LogP contribution < -0.4 is 0 Å². The molecule has 4 nitrogen and oxygen atoms in total. The fourth-order valence-electron chi connectivity index (χ4n) is 12.0. The molecule has 1 aromatic heterocycles. The first-order valence-corrected chi connectivity index (χ1v) is 15.0. The number of rotatable bonds is 2. The van der Waals surface area contributed by atoms with E-state index in [1.165, 1.54) is 56.9 Å². The number of aliphatic hydroxyl groups is 1. The SMILES string of the molecule is C=C(C)[C@@H]1CC[C@]2(c3nnc(C)o3)CC[C@]3(C)[C@H](CC[C@@H]4[C@@]5(C)CC[C@H](O)C(C)(C)[C@@H]5CC[C@]43C)[C@@H]12. The lowest BCUT2D eigenvalue weighted by Gasteiger charge is -2.72. The molecule has 0 spiro atoms. The lowest BCUT2D eigenvalue weighted by Crippen LogP contribution is -2.67. The van der Waals surface area contributed by atoms with Crippen LogP contribution in [-0.4, -0.2) is 21.4 Å². The topological polar surface area (TPSA) is 59.2 Å². The van der Waals surface area contributed by atoms with Gasteiger partial charge in [-0.25, -0.2) is 0 Å². The fourth-order valence-corrected chi connectivity index (χ4v) is 12.0. The highest BCUT2D eigenvalue weighted by atomic mass is 16.4. The number of aliphatic hydroxyl groups excluding tert-OH is 1. The molecule has 5 aliphatic rings. The van der Waals surface area contributed by atoms with Crippen LogP contribution in [0.1, 0.15) is 118 Å². The normalized spacial score (nSPS) is 51.6. The highest BCUT2D eigenvalue weighted by Gasteiger charge is 2.71. The molecule has 0 unspecified atom stereocenters. The number of nitrogens with zero attached hydrogens (tertiary/aromatic N) is 2. The first-order valence-electron chi connectivity index (χ1n) is 15.0. The van der Waals surface area contributed by atoms with Crippen LogP contribution in [0.15, 0.2) is 16.6 Å². The molecule has 5 aliphatic carbocycles. The van der Waals surface area contributed by atoms with Crippen molar-refractivity contribution >= 4 is 0 Å². The number of aromatic nitrogens is 2. The third-order valence-electron chi connectivity index (χ3n) is 14.0. The van der Waals surface area contributed by atoms with Gasteiger partial charge >= 0.3 is 0 Å². The van der Waals surface area contributed by atoms with E-state index >= 15 is 0 Å². The van der Waals surface area contributed by atoms with E-state index in [4.69, 9.17) is 4.42 Å². The van der Waals surface area contributed by atoms with Crippen LogP contribution in [0, 0.1) is 58.2 Å². The van der Waals surface area contributed by atoms with Gasteiger partial charge in [0.05, 0.1) is 11.5 Å². The zero-order valence-corrected chi connectivity index (χ0v) is 24.0. The molecule has 0 aliphatic heterocycles. The third-order valence-corrected chi connectivity index (χ3v) is 14.0. The summed E-state index contributed by atoms with van der Waals surface area (Å²) in [5, 5.41) is 20.0. The Bertz CT molecular complexity index is 1060. The van der Waals surface area contributed by atoms with Crippen LogP contribution in [0.4, 0.5) is 0 Å². The van der Waals surface area contributed by atoms with Crippen molar-refractivity contribution in [3.63, 3.8) is 0 Å². The number of hydrogen-bond donors (Lipinski definition) is 1. The molecule has 0 amide bonds. The highest BCUT2D eigenvalue weighted by Crippen LogP contribution is 2.77. The molecule has 1 N–H and O–H groups in total. The molecule has 1 aromatic rings. The fraction of sp³-hybridized carbons (Fsp3) is 0.875. The predicted octanol–water partition coefficient (Wildman–Crippen LogP) is 7.65. The Morgan fingerprint density at radius 1 is 0.861 bits per heavy atom. The van der Waals surface area contributed by atoms with Gasteiger partial charge in [-0.3, -0.25) is 0 Å². The van der Waals surface area contributed by atoms with Crippen LogP contribution >= 0.6 is 0 Å². The molecular weight excluding hydrogens is 444 g/mol. The summed E-state index contributed by atoms with van der Waals surface area (Å²) in [7, 11) is 0. The minimum absolute atomic E-state index is 0.0140. The maximum absolute atomic E-state index is 11.0. The van der Waals surface area contributed by atoms with E-state index in [0.29, 0.717) is 45.8 Å². The minimum Gasteiger partial charge on any atom is -0.425 e. The molecule has 4 heteroatoms. The van der Waals surface area contributed by atoms with Crippen molar-refractivity contribution in [2.75, 3.05) is 0 Å². The Kier molecular flexibility index (Phi) is 5.38. The maximum Gasteiger partial charge on any atom is 0.222 e. The standard InChI is InChI=1S/C32H50N2O2/c1-19(2)21-11-16-32(27-34-33-20(3)36-27)18-17-30(7)22(26(21)32)9-10-24-29(6)14-13-25(35)28(4,5)23(29)12-15-31(24,30)8/h21-26,35H,1,9-18H2,2-8H3/t21-,22+,23-,24+,25-,26+,29-,30+,31+,32-/m0/s1. The number of fused-ring (bicyclic) bond motifs is 7. The van der Waals surface area contributed by atoms with Gasteiger partial charge in [0.15, 0.2) is 0 Å². The Balaban J connectivity index is 1.42. The Hall–Kier alpha value is -1.16. The zero-order valence-electron chi connectivity index (χ0n) is 24.0. The second-order valence-electron chi connectivity index (χ2n) is 15.3. The summed E-state index contributed by atoms with van der Waals surface area (Å²) in [4.78, 5) is 0. The average Bonchev–Trinajstić information content (AvgIpc) is 3.42. The maximum atomic E-state index is 11.0. The Labute approximate surface area is 219 Å². The van der Waals surface area contributed by atoms with E-state index in [1.54, 1.807) is 0 Å². The van der Waals surface area contributed by atoms with E-state index in [0.717, 1.165) is 24.7 Å². The Morgan fingerprint density at radius 3 is 2.28 bits per heavy atom. The van der Waals surface area contributed by atoms with Gasteiger partial charge in [0.2, 0.25) is 11.8 Å². The van der Waals surface area contributed by atoms with Crippen molar-refractivity contribution in [1.29, 1.82) is 0 Å². The third kappa shape index (κ3) is 2.92. The molecule has 0 saturated heterocycles. The van der Waals surface area contributed by atoms with Gasteiger partial charge in [-0.1, -0.05) is 46.8 Å². The van der Waals surface area contributed by atoms with Gasteiger partial charge in [0, 0.05) is 6.92 Å². The van der Waals surface area contributed by atoms with Crippen LogP contribution in [0.2, 0.25) is 0 Å². The van der Waals surface area contributed by atoms with E-state index in [1.807, 2.05) is 6.92 Å². The van der Waals surface area contributed by atoms with Gasteiger partial charge in [-0.15, -0.1) is 10.2 Å². The molecule has 5 saturated carbocycles. The van der Waals surface area contributed by atoms with Crippen molar-refractivity contribution in [3.8, 4) is 0 Å². The number of hydrogen-bond acceptors (Lipinski definition) is 4. The summed E-state index contributed by atoms with van der Waals surface area (Å²) in [6.45, 7) is 21.4. The van der Waals surface area contributed by atoms with Crippen LogP contribution in [-0.2, 0) is 5.41 Å². The number of aryl methyl sites for hydroxylation is 1. The lowest BCUT2D eigenvalue weighted by molar-refractivity contribution is -0.243. The molecule has 0 bridgehead atoms. The summed E-state index contributed by atoms with van der Waals surface area (Å²) in [5.41, 5.74) is 2.36. The monoisotopic (exact) mass is 494 g/mol. The molecule has 1 heterocycles. The molecular formula is C32H50N2O2. The van der Waals surface area contributed by atoms with Gasteiger partial charge in [0.1, 0.15) is 0 Å². The average molecular weight is 495 g/mol. The second kappa shape index (κ2) is 7.70.